The third-order valence-corrected chi connectivity index (χ3v) is 5.60. The van der Waals surface area contributed by atoms with Crippen molar-refractivity contribution in [2.75, 3.05) is 7.11 Å². The van der Waals surface area contributed by atoms with Crippen LogP contribution in [0.15, 0.2) is 60.0 Å². The molecule has 0 aliphatic heterocycles. The maximum atomic E-state index is 11.2. The molecule has 8 heteroatoms. The van der Waals surface area contributed by atoms with Crippen LogP contribution in [-0.4, -0.2) is 22.1 Å². The number of thiazole rings is 1. The summed E-state index contributed by atoms with van der Waals surface area (Å²) in [6.45, 7) is 0. The molecular weight excluding hydrogens is 414 g/mol. The fourth-order valence-electron chi connectivity index (χ4n) is 3.27. The summed E-state index contributed by atoms with van der Waals surface area (Å²) in [6.07, 6.45) is 1.49. The number of hydrogen-bond donors (Lipinski definition) is 1. The number of nitro benzene ring substituents is 1. The molecule has 0 saturated carbocycles. The van der Waals surface area contributed by atoms with E-state index in [0.29, 0.717) is 10.6 Å². The summed E-state index contributed by atoms with van der Waals surface area (Å²) in [5, 5.41) is 35.4. The molecule has 1 aromatic heterocycles. The van der Waals surface area contributed by atoms with Gasteiger partial charge >= 0.3 is 5.69 Å². The Hall–Kier alpha value is -4.22. The predicted molar refractivity (Wildman–Crippen MR) is 120 cm³/mol. The zero-order valence-electron chi connectivity index (χ0n) is 16.3. The highest BCUT2D eigenvalue weighted by molar-refractivity contribution is 7.11. The van der Waals surface area contributed by atoms with Crippen LogP contribution in [0.5, 0.6) is 11.5 Å². The number of nitro groups is 1. The number of hydrogen-bond acceptors (Lipinski definition) is 7. The second kappa shape index (κ2) is 8.26. The molecule has 0 aliphatic carbocycles. The maximum absolute atomic E-state index is 11.2. The van der Waals surface area contributed by atoms with Gasteiger partial charge in [0, 0.05) is 17.0 Å². The fourth-order valence-corrected chi connectivity index (χ4v) is 4.06. The van der Waals surface area contributed by atoms with Crippen LogP contribution in [0.25, 0.3) is 33.7 Å². The molecule has 0 spiro atoms. The monoisotopic (exact) mass is 429 g/mol. The van der Waals surface area contributed by atoms with Gasteiger partial charge in [-0.2, -0.15) is 5.26 Å². The minimum Gasteiger partial charge on any atom is -0.500 e. The molecule has 0 aliphatic rings. The Morgan fingerprint density at radius 3 is 2.77 bits per heavy atom. The Kier molecular flexibility index (Phi) is 5.35. The Morgan fingerprint density at radius 2 is 2.03 bits per heavy atom. The van der Waals surface area contributed by atoms with Crippen molar-refractivity contribution in [3.63, 3.8) is 0 Å². The third kappa shape index (κ3) is 3.82. The number of ether oxygens (including phenoxy) is 1. The van der Waals surface area contributed by atoms with Crippen LogP contribution in [0.1, 0.15) is 10.6 Å². The first-order chi connectivity index (χ1) is 15.0. The molecular formula is C23H15N3O4S. The van der Waals surface area contributed by atoms with E-state index in [4.69, 9.17) is 4.74 Å². The number of aromatic nitrogens is 1. The molecule has 1 N–H and O–H groups in total. The fraction of sp³-hybridized carbons (Fsp3) is 0.0435. The summed E-state index contributed by atoms with van der Waals surface area (Å²) in [4.78, 5) is 15.2. The minimum atomic E-state index is -0.705. The van der Waals surface area contributed by atoms with Crippen LogP contribution in [0.4, 0.5) is 5.69 Å². The van der Waals surface area contributed by atoms with E-state index in [1.807, 2.05) is 47.8 Å². The number of aromatic hydroxyl groups is 1. The second-order valence-electron chi connectivity index (χ2n) is 6.58. The van der Waals surface area contributed by atoms with Gasteiger partial charge in [0.2, 0.25) is 5.75 Å². The smallest absolute Gasteiger partial charge is 0.315 e. The quantitative estimate of drug-likeness (QED) is 0.249. The van der Waals surface area contributed by atoms with Gasteiger partial charge in [0.15, 0.2) is 5.75 Å². The molecule has 0 atom stereocenters. The van der Waals surface area contributed by atoms with Gasteiger partial charge in [0.1, 0.15) is 11.1 Å². The Morgan fingerprint density at radius 1 is 1.26 bits per heavy atom. The van der Waals surface area contributed by atoms with Gasteiger partial charge in [-0.25, -0.2) is 4.98 Å². The summed E-state index contributed by atoms with van der Waals surface area (Å²) in [6, 6.07) is 18.7. The van der Waals surface area contributed by atoms with E-state index >= 15 is 0 Å². The summed E-state index contributed by atoms with van der Waals surface area (Å²) in [7, 11) is 1.30. The van der Waals surface area contributed by atoms with Crippen LogP contribution in [0.2, 0.25) is 0 Å². The van der Waals surface area contributed by atoms with E-state index in [-0.39, 0.29) is 11.3 Å². The topological polar surface area (TPSA) is 109 Å². The minimum absolute atomic E-state index is 0.0478. The highest BCUT2D eigenvalue weighted by Gasteiger charge is 2.20. The van der Waals surface area contributed by atoms with Crippen molar-refractivity contribution >= 4 is 39.4 Å². The van der Waals surface area contributed by atoms with Crippen LogP contribution in [0.3, 0.4) is 0 Å². The molecule has 152 valence electrons. The number of phenols is 1. The van der Waals surface area contributed by atoms with Gasteiger partial charge in [0.25, 0.3) is 0 Å². The number of fused-ring (bicyclic) bond motifs is 1. The van der Waals surface area contributed by atoms with Gasteiger partial charge in [-0.1, -0.05) is 42.5 Å². The Bertz CT molecular complexity index is 1380. The lowest BCUT2D eigenvalue weighted by atomic mass is 10.0. The SMILES string of the molecule is COc1cc(C=C(C#N)c2nc(-c3cccc4ccccc34)cs2)cc([N+](=O)[O-])c1O. The van der Waals surface area contributed by atoms with Crippen LogP contribution < -0.4 is 4.74 Å². The van der Waals surface area contributed by atoms with Crippen molar-refractivity contribution in [3.05, 3.63) is 80.7 Å². The van der Waals surface area contributed by atoms with Crippen molar-refractivity contribution in [1.82, 2.24) is 4.98 Å². The Labute approximate surface area is 181 Å². The molecule has 0 fully saturated rings. The lowest BCUT2D eigenvalue weighted by Gasteiger charge is -2.05. The molecule has 0 bridgehead atoms. The summed E-state index contributed by atoms with van der Waals surface area (Å²) >= 11 is 1.31. The standard InChI is InChI=1S/C23H15N3O4S/c1-30-21-11-14(10-20(22(21)27)26(28)29)9-16(12-24)23-25-19(13-31-23)18-8-4-6-15-5-2-3-7-17(15)18/h2-11,13,27H,1H3. The average molecular weight is 429 g/mol. The van der Waals surface area contributed by atoms with Crippen molar-refractivity contribution < 1.29 is 14.8 Å². The number of nitrogens with zero attached hydrogens (tertiary/aromatic N) is 3. The normalized spacial score (nSPS) is 11.3. The highest BCUT2D eigenvalue weighted by atomic mass is 32.1. The van der Waals surface area contributed by atoms with Crippen molar-refractivity contribution in [3.8, 4) is 28.8 Å². The number of nitriles is 1. The molecule has 0 unspecified atom stereocenters. The van der Waals surface area contributed by atoms with Crippen LogP contribution in [0, 0.1) is 21.4 Å². The van der Waals surface area contributed by atoms with E-state index in [9.17, 15) is 20.5 Å². The number of allylic oxidation sites excluding steroid dienone is 1. The number of rotatable bonds is 5. The van der Waals surface area contributed by atoms with E-state index in [2.05, 4.69) is 11.1 Å². The van der Waals surface area contributed by atoms with Crippen molar-refractivity contribution in [2.24, 2.45) is 0 Å². The molecule has 0 saturated heterocycles. The molecule has 4 aromatic rings. The first-order valence-electron chi connectivity index (χ1n) is 9.13. The van der Waals surface area contributed by atoms with Gasteiger partial charge in [0.05, 0.1) is 23.3 Å². The number of methoxy groups -OCH3 is 1. The van der Waals surface area contributed by atoms with Crippen molar-refractivity contribution in [1.29, 1.82) is 5.26 Å². The lowest BCUT2D eigenvalue weighted by molar-refractivity contribution is -0.386. The zero-order valence-corrected chi connectivity index (χ0v) is 17.1. The number of benzene rings is 3. The average Bonchev–Trinajstić information content (AvgIpc) is 3.27. The number of phenolic OH excluding ortho intramolecular Hbond substituents is 1. The van der Waals surface area contributed by atoms with Gasteiger partial charge < -0.3 is 9.84 Å². The van der Waals surface area contributed by atoms with E-state index in [1.165, 1.54) is 36.7 Å². The predicted octanol–water partition coefficient (Wildman–Crippen LogP) is 5.65. The summed E-state index contributed by atoms with van der Waals surface area (Å²) in [5.41, 5.74) is 1.80. The van der Waals surface area contributed by atoms with Crippen LogP contribution >= 0.6 is 11.3 Å². The van der Waals surface area contributed by atoms with Gasteiger partial charge in [-0.3, -0.25) is 10.1 Å². The molecule has 31 heavy (non-hydrogen) atoms. The largest absolute Gasteiger partial charge is 0.500 e. The maximum Gasteiger partial charge on any atom is 0.315 e. The lowest BCUT2D eigenvalue weighted by Crippen LogP contribution is -1.93. The first-order valence-corrected chi connectivity index (χ1v) is 10.0. The molecule has 1 heterocycles. The summed E-state index contributed by atoms with van der Waals surface area (Å²) < 4.78 is 5.02. The molecule has 7 nitrogen and oxygen atoms in total. The zero-order chi connectivity index (χ0) is 22.0. The van der Waals surface area contributed by atoms with Crippen molar-refractivity contribution in [2.45, 2.75) is 0 Å². The van der Waals surface area contributed by atoms with E-state index in [0.717, 1.165) is 22.0 Å². The van der Waals surface area contributed by atoms with Gasteiger partial charge in [-0.05, 0) is 28.5 Å². The van der Waals surface area contributed by atoms with Crippen LogP contribution in [-0.2, 0) is 0 Å². The van der Waals surface area contributed by atoms with E-state index in [1.54, 1.807) is 0 Å². The molecule has 0 amide bonds. The molecule has 3 aromatic carbocycles. The van der Waals surface area contributed by atoms with E-state index < -0.39 is 16.4 Å². The Balaban J connectivity index is 1.77. The first kappa shape index (κ1) is 20.1. The highest BCUT2D eigenvalue weighted by Crippen LogP contribution is 2.38. The second-order valence-corrected chi connectivity index (χ2v) is 7.44. The summed E-state index contributed by atoms with van der Waals surface area (Å²) in [5.74, 6) is -0.607. The third-order valence-electron chi connectivity index (χ3n) is 4.73. The molecule has 0 radical (unpaired) electrons. The van der Waals surface area contributed by atoms with Gasteiger partial charge in [-0.15, -0.1) is 11.3 Å². The molecule has 4 rings (SSSR count).